The van der Waals surface area contributed by atoms with Crippen molar-refractivity contribution in [3.63, 3.8) is 0 Å². The van der Waals surface area contributed by atoms with E-state index in [-0.39, 0.29) is 11.7 Å². The summed E-state index contributed by atoms with van der Waals surface area (Å²) in [7, 11) is 1.76. The minimum Gasteiger partial charge on any atom is -0.490 e. The highest BCUT2D eigenvalue weighted by Crippen LogP contribution is 2.33. The van der Waals surface area contributed by atoms with Crippen LogP contribution in [0.4, 0.5) is 0 Å². The topological polar surface area (TPSA) is 51.5 Å². The van der Waals surface area contributed by atoms with Crippen molar-refractivity contribution in [2.24, 2.45) is 13.0 Å². The minimum absolute atomic E-state index is 0.0490. The first kappa shape index (κ1) is 15.1. The largest absolute Gasteiger partial charge is 0.490 e. The summed E-state index contributed by atoms with van der Waals surface area (Å²) in [5.74, 6) is 1.58. The number of pyridine rings is 1. The van der Waals surface area contributed by atoms with Crippen molar-refractivity contribution < 1.29 is 9.53 Å². The van der Waals surface area contributed by atoms with Crippen LogP contribution in [0.5, 0.6) is 5.75 Å². The molecule has 1 aromatic heterocycles. The fourth-order valence-corrected chi connectivity index (χ4v) is 2.92. The van der Waals surface area contributed by atoms with Crippen LogP contribution in [0.3, 0.4) is 0 Å². The van der Waals surface area contributed by atoms with Gasteiger partial charge in [0.15, 0.2) is 0 Å². The van der Waals surface area contributed by atoms with E-state index < -0.39 is 0 Å². The Morgan fingerprint density at radius 2 is 1.91 bits per heavy atom. The quantitative estimate of drug-likeness (QED) is 0.853. The molecule has 1 amide bonds. The second-order valence-electron chi connectivity index (χ2n) is 6.58. The molecule has 0 radical (unpaired) electrons. The number of aryl methyl sites for hydroxylation is 1. The number of ether oxygens (including phenoxy) is 1. The summed E-state index contributed by atoms with van der Waals surface area (Å²) in [6.07, 6.45) is 4.92. The molecule has 0 aromatic carbocycles. The van der Waals surface area contributed by atoms with Gasteiger partial charge < -0.3 is 14.2 Å². The van der Waals surface area contributed by atoms with Gasteiger partial charge in [0.25, 0.3) is 5.56 Å². The van der Waals surface area contributed by atoms with Crippen molar-refractivity contribution in [2.45, 2.75) is 45.1 Å². The highest BCUT2D eigenvalue weighted by Gasteiger charge is 2.29. The maximum Gasteiger partial charge on any atom is 0.254 e. The van der Waals surface area contributed by atoms with Gasteiger partial charge in [-0.05, 0) is 31.7 Å². The predicted octanol–water partition coefficient (Wildman–Crippen LogP) is 1.86. The number of amides is 1. The highest BCUT2D eigenvalue weighted by atomic mass is 16.5. The predicted molar refractivity (Wildman–Crippen MR) is 84.0 cm³/mol. The number of carbonyl (C=O) groups excluding carboxylic acids is 1. The molecule has 1 saturated carbocycles. The maximum absolute atomic E-state index is 12.1. The van der Waals surface area contributed by atoms with E-state index in [1.807, 2.05) is 17.9 Å². The maximum atomic E-state index is 12.1. The number of aromatic nitrogens is 1. The lowest BCUT2D eigenvalue weighted by Crippen LogP contribution is -2.42. The molecule has 0 bridgehead atoms. The number of carbonyl (C=O) groups is 1. The standard InChI is InChI=1S/C17H24N2O3/c1-12-9-15(11-16(20)18(12)2)22-14-5-7-19(8-6-14)17(21)10-13-3-4-13/h9,11,13-14H,3-8,10H2,1-2H3. The van der Waals surface area contributed by atoms with Crippen molar-refractivity contribution in [3.8, 4) is 5.75 Å². The van der Waals surface area contributed by atoms with Gasteiger partial charge in [-0.15, -0.1) is 0 Å². The molecule has 2 aliphatic rings. The van der Waals surface area contributed by atoms with Crippen LogP contribution in [-0.4, -0.2) is 34.6 Å². The molecule has 120 valence electrons. The van der Waals surface area contributed by atoms with Gasteiger partial charge in [-0.25, -0.2) is 0 Å². The first-order valence-electron chi connectivity index (χ1n) is 8.15. The van der Waals surface area contributed by atoms with Crippen LogP contribution in [0.1, 0.15) is 37.8 Å². The number of rotatable bonds is 4. The second-order valence-corrected chi connectivity index (χ2v) is 6.58. The number of likely N-dealkylation sites (tertiary alicyclic amines) is 1. The van der Waals surface area contributed by atoms with E-state index in [2.05, 4.69) is 0 Å². The van der Waals surface area contributed by atoms with Crippen LogP contribution in [0.15, 0.2) is 16.9 Å². The molecule has 5 heteroatoms. The Kier molecular flexibility index (Phi) is 4.23. The summed E-state index contributed by atoms with van der Waals surface area (Å²) >= 11 is 0. The molecule has 0 unspecified atom stereocenters. The lowest BCUT2D eigenvalue weighted by molar-refractivity contribution is -0.133. The van der Waals surface area contributed by atoms with Gasteiger partial charge in [0.05, 0.1) is 0 Å². The lowest BCUT2D eigenvalue weighted by Gasteiger charge is -2.32. The molecule has 5 nitrogen and oxygen atoms in total. The zero-order valence-corrected chi connectivity index (χ0v) is 13.4. The Bertz CT molecular complexity index is 611. The molecule has 0 atom stereocenters. The Hall–Kier alpha value is -1.78. The van der Waals surface area contributed by atoms with E-state index >= 15 is 0 Å². The highest BCUT2D eigenvalue weighted by molar-refractivity contribution is 5.76. The first-order valence-corrected chi connectivity index (χ1v) is 8.15. The summed E-state index contributed by atoms with van der Waals surface area (Å²) < 4.78 is 7.55. The number of hydrogen-bond acceptors (Lipinski definition) is 3. The summed E-state index contributed by atoms with van der Waals surface area (Å²) in [4.78, 5) is 25.8. The van der Waals surface area contributed by atoms with Gasteiger partial charge in [0.1, 0.15) is 11.9 Å². The van der Waals surface area contributed by atoms with Crippen molar-refractivity contribution in [1.82, 2.24) is 9.47 Å². The van der Waals surface area contributed by atoms with Crippen molar-refractivity contribution in [2.75, 3.05) is 13.1 Å². The molecule has 3 rings (SSSR count). The van der Waals surface area contributed by atoms with Crippen molar-refractivity contribution >= 4 is 5.91 Å². The molecule has 0 N–H and O–H groups in total. The average Bonchev–Trinajstić information content (AvgIpc) is 3.29. The second kappa shape index (κ2) is 6.15. The zero-order valence-electron chi connectivity index (χ0n) is 13.4. The molecule has 22 heavy (non-hydrogen) atoms. The number of nitrogens with zero attached hydrogens (tertiary/aromatic N) is 2. The SMILES string of the molecule is Cc1cc(OC2CCN(C(=O)CC3CC3)CC2)cc(=O)n1C. The molecule has 1 aromatic rings. The van der Waals surface area contributed by atoms with E-state index in [4.69, 9.17) is 4.74 Å². The van der Waals surface area contributed by atoms with E-state index in [1.165, 1.54) is 18.9 Å². The fourth-order valence-electron chi connectivity index (χ4n) is 2.92. The monoisotopic (exact) mass is 304 g/mol. The Morgan fingerprint density at radius 1 is 1.23 bits per heavy atom. The van der Waals surface area contributed by atoms with Gasteiger partial charge in [-0.3, -0.25) is 9.59 Å². The molecule has 2 heterocycles. The third-order valence-corrected chi connectivity index (χ3v) is 4.73. The summed E-state index contributed by atoms with van der Waals surface area (Å²) in [6, 6.07) is 3.43. The summed E-state index contributed by atoms with van der Waals surface area (Å²) in [5, 5.41) is 0. The summed E-state index contributed by atoms with van der Waals surface area (Å²) in [6.45, 7) is 3.42. The van der Waals surface area contributed by atoms with E-state index in [1.54, 1.807) is 11.6 Å². The fraction of sp³-hybridized carbons (Fsp3) is 0.647. The number of piperidine rings is 1. The number of hydrogen-bond donors (Lipinski definition) is 0. The summed E-state index contributed by atoms with van der Waals surface area (Å²) in [5.41, 5.74) is 0.839. The van der Waals surface area contributed by atoms with Crippen LogP contribution >= 0.6 is 0 Å². The molecule has 1 aliphatic carbocycles. The lowest BCUT2D eigenvalue weighted by atomic mass is 10.1. The Balaban J connectivity index is 1.53. The zero-order chi connectivity index (χ0) is 15.7. The normalized spacial score (nSPS) is 19.3. The average molecular weight is 304 g/mol. The van der Waals surface area contributed by atoms with Gasteiger partial charge in [-0.2, -0.15) is 0 Å². The molecule has 1 aliphatic heterocycles. The smallest absolute Gasteiger partial charge is 0.254 e. The van der Waals surface area contributed by atoms with Gasteiger partial charge in [0, 0.05) is 51.2 Å². The Labute approximate surface area is 130 Å². The molecule has 1 saturated heterocycles. The van der Waals surface area contributed by atoms with E-state index in [9.17, 15) is 9.59 Å². The van der Waals surface area contributed by atoms with Gasteiger partial charge in [0.2, 0.25) is 5.91 Å². The van der Waals surface area contributed by atoms with E-state index in [0.29, 0.717) is 17.6 Å². The van der Waals surface area contributed by atoms with Crippen molar-refractivity contribution in [3.05, 3.63) is 28.2 Å². The molecule has 0 spiro atoms. The first-order chi connectivity index (χ1) is 10.5. The minimum atomic E-state index is -0.0490. The molecular weight excluding hydrogens is 280 g/mol. The third kappa shape index (κ3) is 3.51. The molecule has 2 fully saturated rings. The van der Waals surface area contributed by atoms with Crippen LogP contribution in [-0.2, 0) is 11.8 Å². The Morgan fingerprint density at radius 3 is 2.50 bits per heavy atom. The van der Waals surface area contributed by atoms with Crippen LogP contribution < -0.4 is 10.3 Å². The van der Waals surface area contributed by atoms with Crippen LogP contribution in [0, 0.1) is 12.8 Å². The molecular formula is C17H24N2O3. The van der Waals surface area contributed by atoms with Crippen LogP contribution in [0.25, 0.3) is 0 Å². The van der Waals surface area contributed by atoms with Crippen molar-refractivity contribution in [1.29, 1.82) is 0 Å². The van der Waals surface area contributed by atoms with Crippen LogP contribution in [0.2, 0.25) is 0 Å². The third-order valence-electron chi connectivity index (χ3n) is 4.73. The van der Waals surface area contributed by atoms with E-state index in [0.717, 1.165) is 38.0 Å². The van der Waals surface area contributed by atoms with Gasteiger partial charge >= 0.3 is 0 Å². The van der Waals surface area contributed by atoms with Gasteiger partial charge in [-0.1, -0.05) is 0 Å².